The van der Waals surface area contributed by atoms with Crippen molar-refractivity contribution in [2.24, 2.45) is 0 Å². The number of para-hydroxylation sites is 4. The van der Waals surface area contributed by atoms with E-state index in [0.29, 0.717) is 0 Å². The normalized spacial score (nSPS) is 11.5. The van der Waals surface area contributed by atoms with Crippen LogP contribution in [0.15, 0.2) is 179 Å². The van der Waals surface area contributed by atoms with Gasteiger partial charge >= 0.3 is 0 Å². The zero-order chi connectivity index (χ0) is 30.5. The van der Waals surface area contributed by atoms with Crippen molar-refractivity contribution in [1.82, 2.24) is 0 Å². The van der Waals surface area contributed by atoms with E-state index in [1.54, 1.807) is 0 Å². The number of hydrogen-bond acceptors (Lipinski definition) is 4. The van der Waals surface area contributed by atoms with Crippen LogP contribution < -0.4 is 9.80 Å². The van der Waals surface area contributed by atoms with Gasteiger partial charge in [0.1, 0.15) is 22.3 Å². The quantitative estimate of drug-likeness (QED) is 0.192. The molecule has 2 heterocycles. The minimum Gasteiger partial charge on any atom is -0.456 e. The first kappa shape index (κ1) is 26.2. The van der Waals surface area contributed by atoms with Gasteiger partial charge in [0.2, 0.25) is 0 Å². The number of fused-ring (bicyclic) bond motifs is 6. The van der Waals surface area contributed by atoms with Crippen LogP contribution in [0.25, 0.3) is 43.9 Å². The molecule has 0 aliphatic heterocycles. The van der Waals surface area contributed by atoms with Crippen LogP contribution in [-0.4, -0.2) is 0 Å². The Bertz CT molecular complexity index is 2440. The van der Waals surface area contributed by atoms with Gasteiger partial charge in [0.15, 0.2) is 0 Å². The van der Waals surface area contributed by atoms with Gasteiger partial charge in [0.25, 0.3) is 0 Å². The smallest absolute Gasteiger partial charge is 0.135 e. The Morgan fingerprint density at radius 3 is 1.02 bits per heavy atom. The van der Waals surface area contributed by atoms with Crippen LogP contribution in [0.5, 0.6) is 0 Å². The van der Waals surface area contributed by atoms with Gasteiger partial charge in [-0.2, -0.15) is 0 Å². The van der Waals surface area contributed by atoms with Gasteiger partial charge in [-0.3, -0.25) is 0 Å². The third kappa shape index (κ3) is 4.39. The minimum atomic E-state index is 0.853. The Hall–Kier alpha value is -6.26. The Morgan fingerprint density at radius 2 is 0.587 bits per heavy atom. The molecule has 4 heteroatoms. The molecule has 0 N–H and O–H groups in total. The molecule has 7 aromatic carbocycles. The summed E-state index contributed by atoms with van der Waals surface area (Å²) in [6.45, 7) is 0. The molecular formula is C42H28N2O2. The molecule has 2 aromatic heterocycles. The lowest BCUT2D eigenvalue weighted by atomic mass is 10.1. The highest BCUT2D eigenvalue weighted by molar-refractivity contribution is 6.09. The monoisotopic (exact) mass is 592 g/mol. The lowest BCUT2D eigenvalue weighted by Crippen LogP contribution is -2.09. The lowest BCUT2D eigenvalue weighted by Gasteiger charge is -2.26. The summed E-state index contributed by atoms with van der Waals surface area (Å²) in [6.07, 6.45) is 0. The van der Waals surface area contributed by atoms with Crippen LogP contribution in [0.2, 0.25) is 0 Å². The Kier molecular flexibility index (Phi) is 6.10. The molecule has 0 bridgehead atoms. The van der Waals surface area contributed by atoms with E-state index in [2.05, 4.69) is 149 Å². The fourth-order valence-electron chi connectivity index (χ4n) is 6.51. The van der Waals surface area contributed by atoms with E-state index in [0.717, 1.165) is 78.0 Å². The SMILES string of the molecule is c1ccc(N(c2ccccc2)c2ccc3oc4ccc(N(c5ccccc5)c5ccc6oc7ccccc7c6c5)cc4c3c2)cc1. The molecule has 0 saturated heterocycles. The zero-order valence-corrected chi connectivity index (χ0v) is 24.9. The van der Waals surface area contributed by atoms with Gasteiger partial charge < -0.3 is 18.6 Å². The molecule has 0 radical (unpaired) electrons. The molecule has 0 aliphatic carbocycles. The Labute approximate surface area is 265 Å². The molecule has 9 aromatic rings. The van der Waals surface area contributed by atoms with Crippen molar-refractivity contribution >= 4 is 78.0 Å². The molecule has 0 spiro atoms. The molecule has 0 aliphatic rings. The van der Waals surface area contributed by atoms with Crippen LogP contribution in [0.3, 0.4) is 0 Å². The van der Waals surface area contributed by atoms with Crippen LogP contribution in [0, 0.1) is 0 Å². The van der Waals surface area contributed by atoms with Gasteiger partial charge in [0, 0.05) is 55.7 Å². The first-order valence-corrected chi connectivity index (χ1v) is 15.4. The number of nitrogens with zero attached hydrogens (tertiary/aromatic N) is 2. The van der Waals surface area contributed by atoms with Crippen molar-refractivity contribution in [3.63, 3.8) is 0 Å². The average molecular weight is 593 g/mol. The predicted molar refractivity (Wildman–Crippen MR) is 190 cm³/mol. The molecular weight excluding hydrogens is 564 g/mol. The minimum absolute atomic E-state index is 0.853. The lowest BCUT2D eigenvalue weighted by molar-refractivity contribution is 0.668. The molecule has 218 valence electrons. The van der Waals surface area contributed by atoms with Gasteiger partial charge in [0.05, 0.1) is 0 Å². The van der Waals surface area contributed by atoms with E-state index in [-0.39, 0.29) is 0 Å². The van der Waals surface area contributed by atoms with E-state index in [1.165, 1.54) is 0 Å². The molecule has 0 atom stereocenters. The fraction of sp³-hybridized carbons (Fsp3) is 0. The first-order chi connectivity index (χ1) is 22.8. The highest BCUT2D eigenvalue weighted by atomic mass is 16.3. The van der Waals surface area contributed by atoms with E-state index in [9.17, 15) is 0 Å². The molecule has 9 rings (SSSR count). The van der Waals surface area contributed by atoms with Gasteiger partial charge in [-0.05, 0) is 97.1 Å². The highest BCUT2D eigenvalue weighted by Crippen LogP contribution is 2.42. The van der Waals surface area contributed by atoms with Crippen molar-refractivity contribution < 1.29 is 8.83 Å². The van der Waals surface area contributed by atoms with Crippen LogP contribution in [0.1, 0.15) is 0 Å². The number of benzene rings is 7. The molecule has 0 fully saturated rings. The van der Waals surface area contributed by atoms with E-state index in [1.807, 2.05) is 30.3 Å². The van der Waals surface area contributed by atoms with Gasteiger partial charge in [-0.15, -0.1) is 0 Å². The summed E-state index contributed by atoms with van der Waals surface area (Å²) < 4.78 is 12.5. The highest BCUT2D eigenvalue weighted by Gasteiger charge is 2.19. The molecule has 0 amide bonds. The zero-order valence-electron chi connectivity index (χ0n) is 24.9. The van der Waals surface area contributed by atoms with Crippen LogP contribution in [0.4, 0.5) is 34.1 Å². The largest absolute Gasteiger partial charge is 0.456 e. The molecule has 0 saturated carbocycles. The number of furan rings is 2. The summed E-state index contributed by atoms with van der Waals surface area (Å²) in [6, 6.07) is 59.0. The second-order valence-corrected chi connectivity index (χ2v) is 11.4. The maximum absolute atomic E-state index is 6.39. The van der Waals surface area contributed by atoms with Crippen LogP contribution >= 0.6 is 0 Å². The Balaban J connectivity index is 1.22. The summed E-state index contributed by atoms with van der Waals surface area (Å²) >= 11 is 0. The standard InChI is InChI=1S/C42H28N2O2/c1-4-12-29(13-5-1)43(30-14-6-2-7-15-30)32-20-24-41-37(27-32)38-28-34(22-25-42(38)46-41)44(31-16-8-3-9-17-31)33-21-23-40-36(26-33)35-18-10-11-19-39(35)45-40/h1-28H. The third-order valence-electron chi connectivity index (χ3n) is 8.61. The topological polar surface area (TPSA) is 32.8 Å². The van der Waals surface area contributed by atoms with E-state index < -0.39 is 0 Å². The molecule has 4 nitrogen and oxygen atoms in total. The van der Waals surface area contributed by atoms with Crippen molar-refractivity contribution in [3.8, 4) is 0 Å². The van der Waals surface area contributed by atoms with Crippen molar-refractivity contribution in [1.29, 1.82) is 0 Å². The summed E-state index contributed by atoms with van der Waals surface area (Å²) in [4.78, 5) is 4.58. The van der Waals surface area contributed by atoms with Gasteiger partial charge in [-0.1, -0.05) is 72.8 Å². The number of rotatable bonds is 6. The summed E-state index contributed by atoms with van der Waals surface area (Å²) in [5.74, 6) is 0. The maximum Gasteiger partial charge on any atom is 0.135 e. The van der Waals surface area contributed by atoms with Crippen LogP contribution in [-0.2, 0) is 0 Å². The third-order valence-corrected chi connectivity index (χ3v) is 8.61. The average Bonchev–Trinajstić information content (AvgIpc) is 3.68. The molecule has 46 heavy (non-hydrogen) atoms. The van der Waals surface area contributed by atoms with Crippen molar-refractivity contribution in [2.75, 3.05) is 9.80 Å². The predicted octanol–water partition coefficient (Wildman–Crippen LogP) is 12.4. The number of anilines is 6. The summed E-state index contributed by atoms with van der Waals surface area (Å²) in [5.41, 5.74) is 9.90. The molecule has 0 unspecified atom stereocenters. The van der Waals surface area contributed by atoms with Crippen molar-refractivity contribution in [2.45, 2.75) is 0 Å². The second kappa shape index (κ2) is 10.7. The second-order valence-electron chi connectivity index (χ2n) is 11.4. The van der Waals surface area contributed by atoms with Crippen molar-refractivity contribution in [3.05, 3.63) is 170 Å². The maximum atomic E-state index is 6.39. The Morgan fingerprint density at radius 1 is 0.261 bits per heavy atom. The first-order valence-electron chi connectivity index (χ1n) is 15.4. The summed E-state index contributed by atoms with van der Waals surface area (Å²) in [5, 5.41) is 4.33. The van der Waals surface area contributed by atoms with E-state index >= 15 is 0 Å². The van der Waals surface area contributed by atoms with E-state index in [4.69, 9.17) is 8.83 Å². The fourth-order valence-corrected chi connectivity index (χ4v) is 6.51. The van der Waals surface area contributed by atoms with Gasteiger partial charge in [-0.25, -0.2) is 0 Å². The number of hydrogen-bond donors (Lipinski definition) is 0. The summed E-state index contributed by atoms with van der Waals surface area (Å²) in [7, 11) is 0.